The van der Waals surface area contributed by atoms with E-state index in [0.717, 1.165) is 6.92 Å². The number of ketones is 1. The minimum absolute atomic E-state index is 0.00908. The summed E-state index contributed by atoms with van der Waals surface area (Å²) >= 11 is 0. The number of ether oxygens (including phenoxy) is 4. The van der Waals surface area contributed by atoms with E-state index in [1.807, 2.05) is 20.8 Å². The standard InChI is InChI=1S/C23H32O9/c1-7-29-22(27)32-20-19(31-17(25)10-12(2)3)18-14(5)21(26)30-15(18)11-13(4)8-9-16(24)23(20,6)28/h8-9,12-13,15,18-20,28H,5,7,10-11H2,1-4,6H3/b9-8-/t13-,15-,18+,19+,20+,23+/m1/s1. The maximum Gasteiger partial charge on any atom is 0.508 e. The molecule has 1 N–H and O–H groups in total. The fraction of sp³-hybridized carbons (Fsp3) is 0.652. The zero-order chi connectivity index (χ0) is 24.2. The highest BCUT2D eigenvalue weighted by molar-refractivity contribution is 5.97. The van der Waals surface area contributed by atoms with Crippen LogP contribution in [0.5, 0.6) is 0 Å². The monoisotopic (exact) mass is 452 g/mol. The van der Waals surface area contributed by atoms with E-state index in [4.69, 9.17) is 18.9 Å². The molecule has 0 amide bonds. The van der Waals surface area contributed by atoms with Crippen molar-refractivity contribution in [3.63, 3.8) is 0 Å². The van der Waals surface area contributed by atoms with Gasteiger partial charge in [0.2, 0.25) is 0 Å². The predicted molar refractivity (Wildman–Crippen MR) is 112 cm³/mol. The van der Waals surface area contributed by atoms with E-state index in [2.05, 4.69) is 6.58 Å². The summed E-state index contributed by atoms with van der Waals surface area (Å²) < 4.78 is 21.3. The van der Waals surface area contributed by atoms with Crippen molar-refractivity contribution in [1.29, 1.82) is 0 Å². The number of fused-ring (bicyclic) bond motifs is 1. The first-order valence-electron chi connectivity index (χ1n) is 10.8. The first-order chi connectivity index (χ1) is 14.9. The Morgan fingerprint density at radius 3 is 2.56 bits per heavy atom. The molecule has 9 nitrogen and oxygen atoms in total. The molecule has 0 saturated carbocycles. The maximum atomic E-state index is 12.9. The lowest BCUT2D eigenvalue weighted by Crippen LogP contribution is -2.58. The molecule has 32 heavy (non-hydrogen) atoms. The highest BCUT2D eigenvalue weighted by atomic mass is 16.7. The Morgan fingerprint density at radius 1 is 1.31 bits per heavy atom. The Balaban J connectivity index is 2.62. The molecule has 0 radical (unpaired) electrons. The second-order valence-corrected chi connectivity index (χ2v) is 8.85. The highest BCUT2D eigenvalue weighted by Crippen LogP contribution is 2.40. The van der Waals surface area contributed by atoms with E-state index in [1.54, 1.807) is 13.0 Å². The summed E-state index contributed by atoms with van der Waals surface area (Å²) in [5.41, 5.74) is -2.28. The number of rotatable bonds is 5. The SMILES string of the molecule is C=C1C(=O)O[C@@H]2C[C@H](C)/C=C\C(=O)[C@](C)(O)[C@@H](OC(=O)OCC)[C@@H](OC(=O)CC(C)C)[C@@H]12. The third-order valence-corrected chi connectivity index (χ3v) is 5.54. The van der Waals surface area contributed by atoms with Gasteiger partial charge in [-0.3, -0.25) is 9.59 Å². The summed E-state index contributed by atoms with van der Waals surface area (Å²) in [6, 6.07) is 0. The molecule has 0 aromatic rings. The first kappa shape index (κ1) is 25.6. The van der Waals surface area contributed by atoms with Crippen LogP contribution in [0, 0.1) is 17.8 Å². The van der Waals surface area contributed by atoms with Gasteiger partial charge in [0.25, 0.3) is 0 Å². The van der Waals surface area contributed by atoms with Gasteiger partial charge < -0.3 is 24.1 Å². The van der Waals surface area contributed by atoms with Crippen LogP contribution in [0.15, 0.2) is 24.3 Å². The van der Waals surface area contributed by atoms with Gasteiger partial charge in [-0.25, -0.2) is 9.59 Å². The van der Waals surface area contributed by atoms with Crippen LogP contribution >= 0.6 is 0 Å². The number of carbonyl (C=O) groups is 4. The molecule has 1 heterocycles. The maximum absolute atomic E-state index is 12.9. The van der Waals surface area contributed by atoms with E-state index in [9.17, 15) is 24.3 Å². The van der Waals surface area contributed by atoms with Gasteiger partial charge in [0.15, 0.2) is 23.6 Å². The van der Waals surface area contributed by atoms with Gasteiger partial charge in [-0.2, -0.15) is 0 Å². The van der Waals surface area contributed by atoms with E-state index in [-0.39, 0.29) is 30.4 Å². The minimum Gasteiger partial charge on any atom is -0.458 e. The molecule has 9 heteroatoms. The van der Waals surface area contributed by atoms with Crippen molar-refractivity contribution in [3.05, 3.63) is 24.3 Å². The van der Waals surface area contributed by atoms with E-state index in [0.29, 0.717) is 6.42 Å². The van der Waals surface area contributed by atoms with Gasteiger partial charge >= 0.3 is 18.1 Å². The van der Waals surface area contributed by atoms with E-state index in [1.165, 1.54) is 6.08 Å². The lowest BCUT2D eigenvalue weighted by Gasteiger charge is -2.39. The molecule has 0 spiro atoms. The molecule has 1 saturated heterocycles. The summed E-state index contributed by atoms with van der Waals surface area (Å²) in [4.78, 5) is 50.1. The molecule has 0 aromatic heterocycles. The number of carbonyl (C=O) groups excluding carboxylic acids is 4. The average molecular weight is 453 g/mol. The third-order valence-electron chi connectivity index (χ3n) is 5.54. The third kappa shape index (κ3) is 5.76. The van der Waals surface area contributed by atoms with Crippen molar-refractivity contribution in [2.24, 2.45) is 17.8 Å². The highest BCUT2D eigenvalue weighted by Gasteiger charge is 2.56. The van der Waals surface area contributed by atoms with Crippen LogP contribution in [0.1, 0.15) is 47.5 Å². The van der Waals surface area contributed by atoms with Gasteiger partial charge in [0, 0.05) is 12.0 Å². The molecule has 0 unspecified atom stereocenters. The summed E-state index contributed by atoms with van der Waals surface area (Å²) in [6.07, 6.45) is -1.89. The molecule has 0 aromatic carbocycles. The molecule has 2 aliphatic rings. The predicted octanol–water partition coefficient (Wildman–Crippen LogP) is 2.50. The second kappa shape index (κ2) is 10.3. The topological polar surface area (TPSA) is 125 Å². The Bertz CT molecular complexity index is 795. The average Bonchev–Trinajstić information content (AvgIpc) is 2.94. The normalized spacial score (nSPS) is 33.8. The molecule has 1 fully saturated rings. The zero-order valence-electron chi connectivity index (χ0n) is 19.2. The Hall–Kier alpha value is -2.68. The number of allylic oxidation sites excluding steroid dienone is 1. The zero-order valence-corrected chi connectivity index (χ0v) is 19.2. The van der Waals surface area contributed by atoms with Crippen LogP contribution in [-0.4, -0.2) is 59.5 Å². The number of aliphatic hydroxyl groups is 1. The van der Waals surface area contributed by atoms with Gasteiger partial charge in [0.05, 0.1) is 12.5 Å². The van der Waals surface area contributed by atoms with Crippen LogP contribution in [0.4, 0.5) is 4.79 Å². The fourth-order valence-electron chi connectivity index (χ4n) is 3.87. The lowest BCUT2D eigenvalue weighted by atomic mass is 9.77. The fourth-order valence-corrected chi connectivity index (χ4v) is 3.87. The van der Waals surface area contributed by atoms with E-state index < -0.39 is 53.7 Å². The van der Waals surface area contributed by atoms with Crippen molar-refractivity contribution in [2.75, 3.05) is 6.61 Å². The van der Waals surface area contributed by atoms with Crippen LogP contribution in [0.3, 0.4) is 0 Å². The van der Waals surface area contributed by atoms with Gasteiger partial charge in [-0.1, -0.05) is 33.4 Å². The molecule has 0 bridgehead atoms. The summed E-state index contributed by atoms with van der Waals surface area (Å²) in [5, 5.41) is 11.2. The van der Waals surface area contributed by atoms with E-state index >= 15 is 0 Å². The van der Waals surface area contributed by atoms with Gasteiger partial charge in [-0.15, -0.1) is 0 Å². The lowest BCUT2D eigenvalue weighted by molar-refractivity contribution is -0.185. The second-order valence-electron chi connectivity index (χ2n) is 8.85. The minimum atomic E-state index is -2.29. The van der Waals surface area contributed by atoms with Crippen LogP contribution < -0.4 is 0 Å². The van der Waals surface area contributed by atoms with Crippen molar-refractivity contribution in [2.45, 2.75) is 71.4 Å². The molecular formula is C23H32O9. The number of hydrogen-bond donors (Lipinski definition) is 1. The molecule has 6 atom stereocenters. The van der Waals surface area contributed by atoms with Crippen LogP contribution in [0.2, 0.25) is 0 Å². The Kier molecular flexibility index (Phi) is 8.23. The molecular weight excluding hydrogens is 420 g/mol. The Morgan fingerprint density at radius 2 is 1.97 bits per heavy atom. The number of hydrogen-bond acceptors (Lipinski definition) is 9. The molecule has 178 valence electrons. The van der Waals surface area contributed by atoms with Gasteiger partial charge in [0.1, 0.15) is 6.10 Å². The van der Waals surface area contributed by atoms with Crippen molar-refractivity contribution < 1.29 is 43.2 Å². The quantitative estimate of drug-likeness (QED) is 0.380. The van der Waals surface area contributed by atoms with Crippen molar-refractivity contribution in [3.8, 4) is 0 Å². The van der Waals surface area contributed by atoms with Crippen molar-refractivity contribution >= 4 is 23.9 Å². The van der Waals surface area contributed by atoms with Crippen LogP contribution in [-0.2, 0) is 33.3 Å². The smallest absolute Gasteiger partial charge is 0.458 e. The summed E-state index contributed by atoms with van der Waals surface area (Å²) in [7, 11) is 0. The molecule has 2 rings (SSSR count). The van der Waals surface area contributed by atoms with Crippen molar-refractivity contribution in [1.82, 2.24) is 0 Å². The largest absolute Gasteiger partial charge is 0.508 e. The first-order valence-corrected chi connectivity index (χ1v) is 10.8. The summed E-state index contributed by atoms with van der Waals surface area (Å²) in [5.74, 6) is -3.25. The van der Waals surface area contributed by atoms with Crippen LogP contribution in [0.25, 0.3) is 0 Å². The number of esters is 2. The molecule has 1 aliphatic carbocycles. The Labute approximate surface area is 187 Å². The summed E-state index contributed by atoms with van der Waals surface area (Å²) in [6.45, 7) is 11.9. The van der Waals surface area contributed by atoms with Gasteiger partial charge in [-0.05, 0) is 38.2 Å². The molecule has 1 aliphatic heterocycles.